The minimum atomic E-state index is -4.28. The first kappa shape index (κ1) is 23.0. The van der Waals surface area contributed by atoms with E-state index in [1.807, 2.05) is 32.0 Å². The molecule has 0 unspecified atom stereocenters. The number of fused-ring (bicyclic) bond motifs is 2. The van der Waals surface area contributed by atoms with Crippen LogP contribution in [0.25, 0.3) is 33.4 Å². The van der Waals surface area contributed by atoms with Gasteiger partial charge in [0.05, 0.1) is 10.3 Å². The van der Waals surface area contributed by atoms with Crippen LogP contribution in [0.15, 0.2) is 68.9 Å². The van der Waals surface area contributed by atoms with Gasteiger partial charge < -0.3 is 9.32 Å². The second-order valence-electron chi connectivity index (χ2n) is 7.94. The molecule has 172 valence electrons. The molecular weight excluding hydrogens is 436 g/mol. The van der Waals surface area contributed by atoms with E-state index in [1.54, 1.807) is 6.07 Å². The van der Waals surface area contributed by atoms with E-state index in [9.17, 15) is 13.0 Å². The molecule has 2 aromatic rings. The van der Waals surface area contributed by atoms with Gasteiger partial charge in [-0.15, -0.1) is 0 Å². The molecule has 0 amide bonds. The fourth-order valence-electron chi connectivity index (χ4n) is 4.30. The zero-order valence-electron chi connectivity index (χ0n) is 19.3. The third-order valence-electron chi connectivity index (χ3n) is 5.92. The Kier molecular flexibility index (Phi) is 6.28. The van der Waals surface area contributed by atoms with Crippen LogP contribution in [0.3, 0.4) is 0 Å². The Morgan fingerprint density at radius 3 is 2.30 bits per heavy atom. The number of anilines is 1. The summed E-state index contributed by atoms with van der Waals surface area (Å²) in [6.07, 6.45) is 0. The van der Waals surface area contributed by atoms with Crippen molar-refractivity contribution in [3.8, 4) is 22.5 Å². The third kappa shape index (κ3) is 4.38. The lowest BCUT2D eigenvalue weighted by Crippen LogP contribution is -2.21. The lowest BCUT2D eigenvalue weighted by Gasteiger charge is -2.22. The first-order valence-corrected chi connectivity index (χ1v) is 12.5. The Morgan fingerprint density at radius 2 is 1.67 bits per heavy atom. The van der Waals surface area contributed by atoms with Crippen LogP contribution in [-0.2, 0) is 10.1 Å². The zero-order chi connectivity index (χ0) is 23.8. The maximum Gasteiger partial charge on any atom is 0.294 e. The largest absolute Gasteiger partial charge is 0.456 e. The molecule has 0 aromatic heterocycles. The minimum absolute atomic E-state index is 0.120. The summed E-state index contributed by atoms with van der Waals surface area (Å²) in [6.45, 7) is 10.5. The predicted octanol–water partition coefficient (Wildman–Crippen LogP) is 5.53. The summed E-state index contributed by atoms with van der Waals surface area (Å²) in [4.78, 5) is 6.64. The van der Waals surface area contributed by atoms with Crippen LogP contribution >= 0.6 is 0 Å². The van der Waals surface area contributed by atoms with Gasteiger partial charge in [-0.2, -0.15) is 8.42 Å². The smallest absolute Gasteiger partial charge is 0.294 e. The topological polar surface area (TPSA) is 83.1 Å². The van der Waals surface area contributed by atoms with Gasteiger partial charge in [0.15, 0.2) is 0 Å². The van der Waals surface area contributed by atoms with Gasteiger partial charge in [0, 0.05) is 54.0 Å². The zero-order valence-corrected chi connectivity index (χ0v) is 20.1. The molecule has 0 fully saturated rings. The second-order valence-corrected chi connectivity index (χ2v) is 9.36. The van der Waals surface area contributed by atoms with Crippen LogP contribution in [0.4, 0.5) is 5.69 Å². The molecule has 1 aliphatic heterocycles. The Labute approximate surface area is 194 Å². The highest BCUT2D eigenvalue weighted by atomic mass is 32.2. The van der Waals surface area contributed by atoms with Gasteiger partial charge in [-0.3, -0.25) is 9.55 Å². The van der Waals surface area contributed by atoms with E-state index in [2.05, 4.69) is 41.9 Å². The highest BCUT2D eigenvalue weighted by Gasteiger charge is 2.20. The number of hydrogen-bond donors (Lipinski definition) is 1. The molecule has 0 bridgehead atoms. The van der Waals surface area contributed by atoms with E-state index in [0.717, 1.165) is 57.4 Å². The molecule has 6 nitrogen and oxygen atoms in total. The second kappa shape index (κ2) is 9.00. The summed E-state index contributed by atoms with van der Waals surface area (Å²) in [6, 6.07) is 16.8. The minimum Gasteiger partial charge on any atom is -0.456 e. The molecular formula is C26H28N2O4S. The van der Waals surface area contributed by atoms with Crippen molar-refractivity contribution in [1.82, 2.24) is 0 Å². The van der Waals surface area contributed by atoms with Crippen molar-refractivity contribution in [3.05, 3.63) is 65.5 Å². The van der Waals surface area contributed by atoms with E-state index in [0.29, 0.717) is 12.3 Å². The van der Waals surface area contributed by atoms with Crippen LogP contribution in [0, 0.1) is 6.92 Å². The van der Waals surface area contributed by atoms with E-state index in [-0.39, 0.29) is 4.90 Å². The van der Waals surface area contributed by atoms with Crippen molar-refractivity contribution in [2.45, 2.75) is 32.6 Å². The average Bonchev–Trinajstić information content (AvgIpc) is 2.78. The highest BCUT2D eigenvalue weighted by Crippen LogP contribution is 2.42. The van der Waals surface area contributed by atoms with Gasteiger partial charge in [-0.25, -0.2) is 0 Å². The van der Waals surface area contributed by atoms with Crippen LogP contribution in [-0.4, -0.2) is 32.6 Å². The van der Waals surface area contributed by atoms with Crippen molar-refractivity contribution in [3.63, 3.8) is 0 Å². The molecule has 33 heavy (non-hydrogen) atoms. The SMILES string of the molecule is CCN=c1ccc2c(-c3ccc(S(=O)(=O)O)cc3C)c3ccc(N(CC)CC)cc3oc-2c1. The van der Waals surface area contributed by atoms with Crippen LogP contribution in [0.5, 0.6) is 0 Å². The lowest BCUT2D eigenvalue weighted by atomic mass is 9.91. The molecule has 4 rings (SSSR count). The number of rotatable bonds is 6. The summed E-state index contributed by atoms with van der Waals surface area (Å²) >= 11 is 0. The summed E-state index contributed by atoms with van der Waals surface area (Å²) in [7, 11) is -4.28. The predicted molar refractivity (Wildman–Crippen MR) is 132 cm³/mol. The normalized spacial score (nSPS) is 12.6. The Hall–Kier alpha value is -3.16. The molecule has 1 N–H and O–H groups in total. The van der Waals surface area contributed by atoms with Crippen LogP contribution < -0.4 is 10.3 Å². The van der Waals surface area contributed by atoms with E-state index in [4.69, 9.17) is 4.42 Å². The number of aryl methyl sites for hydroxylation is 1. The quantitative estimate of drug-likeness (QED) is 0.300. The summed E-state index contributed by atoms with van der Waals surface area (Å²) < 4.78 is 39.1. The van der Waals surface area contributed by atoms with Crippen LogP contribution in [0.1, 0.15) is 26.3 Å². The number of hydrogen-bond acceptors (Lipinski definition) is 5. The van der Waals surface area contributed by atoms with Crippen LogP contribution in [0.2, 0.25) is 0 Å². The fraction of sp³-hybridized carbons (Fsp3) is 0.269. The number of benzene rings is 3. The molecule has 0 atom stereocenters. The third-order valence-corrected chi connectivity index (χ3v) is 6.77. The molecule has 7 heteroatoms. The number of nitrogens with zero attached hydrogens (tertiary/aromatic N) is 2. The van der Waals surface area contributed by atoms with E-state index >= 15 is 0 Å². The Balaban J connectivity index is 2.07. The molecule has 0 spiro atoms. The van der Waals surface area contributed by atoms with Crippen molar-refractivity contribution in [2.75, 3.05) is 24.5 Å². The van der Waals surface area contributed by atoms with Gasteiger partial charge in [0.2, 0.25) is 0 Å². The standard InChI is InChI=1S/C26H28N2O4S/c1-5-27-18-8-11-22-24(15-18)32-25-16-19(28(6-2)7-3)9-12-23(25)26(22)21-13-10-20(14-17(21)4)33(29,30)31/h8-16H,5-7H2,1-4H3,(H,29,30,31). The molecule has 0 radical (unpaired) electrons. The average molecular weight is 465 g/mol. The Morgan fingerprint density at radius 1 is 0.939 bits per heavy atom. The molecule has 1 heterocycles. The fourth-order valence-corrected chi connectivity index (χ4v) is 4.87. The summed E-state index contributed by atoms with van der Waals surface area (Å²) in [5, 5.41) is 1.78. The van der Waals surface area contributed by atoms with Gasteiger partial charge >= 0.3 is 0 Å². The van der Waals surface area contributed by atoms with Crippen molar-refractivity contribution < 1.29 is 17.4 Å². The van der Waals surface area contributed by atoms with E-state index < -0.39 is 10.1 Å². The maximum absolute atomic E-state index is 11.6. The van der Waals surface area contributed by atoms with Gasteiger partial charge in [0.25, 0.3) is 10.1 Å². The van der Waals surface area contributed by atoms with E-state index in [1.165, 1.54) is 12.1 Å². The molecule has 0 saturated carbocycles. The molecule has 2 aromatic carbocycles. The van der Waals surface area contributed by atoms with Gasteiger partial charge in [-0.1, -0.05) is 6.07 Å². The monoisotopic (exact) mass is 464 g/mol. The summed E-state index contributed by atoms with van der Waals surface area (Å²) in [5.41, 5.74) is 5.32. The first-order chi connectivity index (χ1) is 15.8. The van der Waals surface area contributed by atoms with Gasteiger partial charge in [-0.05, 0) is 75.2 Å². The van der Waals surface area contributed by atoms with Gasteiger partial charge in [0.1, 0.15) is 11.3 Å². The lowest BCUT2D eigenvalue weighted by molar-refractivity contribution is 0.483. The summed E-state index contributed by atoms with van der Waals surface area (Å²) in [5.74, 6) is 0.710. The van der Waals surface area contributed by atoms with Crippen molar-refractivity contribution >= 4 is 26.8 Å². The highest BCUT2D eigenvalue weighted by molar-refractivity contribution is 7.85. The Bertz CT molecular complexity index is 1470. The van der Waals surface area contributed by atoms with Crippen molar-refractivity contribution in [2.24, 2.45) is 4.99 Å². The molecule has 0 saturated heterocycles. The molecule has 1 aliphatic carbocycles. The maximum atomic E-state index is 11.6. The van der Waals surface area contributed by atoms with Crippen molar-refractivity contribution in [1.29, 1.82) is 0 Å². The first-order valence-electron chi connectivity index (χ1n) is 11.1. The molecule has 2 aliphatic rings.